The van der Waals surface area contributed by atoms with Crippen molar-refractivity contribution in [3.63, 3.8) is 0 Å². The number of hydrogen-bond donors (Lipinski definition) is 2. The zero-order valence-corrected chi connectivity index (χ0v) is 22.1. The molecule has 2 N–H and O–H groups in total. The first-order chi connectivity index (χ1) is 19.9. The van der Waals surface area contributed by atoms with Crippen molar-refractivity contribution in [2.75, 3.05) is 6.79 Å². The molecule has 0 bridgehead atoms. The average molecular weight is 579 g/mol. The molecule has 0 aliphatic carbocycles. The molecule has 1 atom stereocenters. The molecule has 6 rings (SSSR count). The van der Waals surface area contributed by atoms with Gasteiger partial charge in [-0.1, -0.05) is 17.3 Å². The van der Waals surface area contributed by atoms with E-state index in [4.69, 9.17) is 18.9 Å². The highest BCUT2D eigenvalue weighted by Gasteiger charge is 2.20. The van der Waals surface area contributed by atoms with Gasteiger partial charge in [0.2, 0.25) is 18.5 Å². The van der Waals surface area contributed by atoms with Crippen LogP contribution in [-0.2, 0) is 6.54 Å². The van der Waals surface area contributed by atoms with Crippen LogP contribution in [0, 0.1) is 11.6 Å². The molecule has 1 unspecified atom stereocenters. The van der Waals surface area contributed by atoms with Crippen molar-refractivity contribution in [3.05, 3.63) is 88.0 Å². The maximum atomic E-state index is 15.0. The van der Waals surface area contributed by atoms with Crippen LogP contribution in [0.25, 0.3) is 11.1 Å². The van der Waals surface area contributed by atoms with Gasteiger partial charge in [-0.05, 0) is 42.8 Å². The number of nitrogens with one attached hydrogen (secondary N) is 2. The Morgan fingerprint density at radius 2 is 1.93 bits per heavy atom. The van der Waals surface area contributed by atoms with Crippen LogP contribution >= 0.6 is 11.3 Å². The molecule has 41 heavy (non-hydrogen) atoms. The van der Waals surface area contributed by atoms with Gasteiger partial charge in [-0.25, -0.2) is 13.8 Å². The predicted molar refractivity (Wildman–Crippen MR) is 141 cm³/mol. The molecule has 5 aromatic rings. The topological polar surface area (TPSA) is 133 Å². The third-order valence-corrected chi connectivity index (χ3v) is 6.89. The molecule has 208 valence electrons. The highest BCUT2D eigenvalue weighted by atomic mass is 32.1. The van der Waals surface area contributed by atoms with Gasteiger partial charge in [-0.2, -0.15) is 5.21 Å². The first-order valence-electron chi connectivity index (χ1n) is 12.2. The highest BCUT2D eigenvalue weighted by Crippen LogP contribution is 2.37. The largest absolute Gasteiger partial charge is 0.482 e. The fourth-order valence-corrected chi connectivity index (χ4v) is 4.66. The van der Waals surface area contributed by atoms with Crippen LogP contribution in [0.1, 0.15) is 34.1 Å². The van der Waals surface area contributed by atoms with Crippen LogP contribution in [0.3, 0.4) is 0 Å². The van der Waals surface area contributed by atoms with Crippen LogP contribution in [0.4, 0.5) is 8.78 Å². The maximum Gasteiger partial charge on any atom is 0.267 e. The van der Waals surface area contributed by atoms with Crippen molar-refractivity contribution in [3.8, 4) is 40.0 Å². The SMILES string of the molecule is CC(Oc1ccc(-c2ccc(CNC(=O)c3scnc3Oc3ccc4c(c3)OCO4)c(F)c2)c(F)c1)c1nn[nH]n1. The van der Waals surface area contributed by atoms with Gasteiger partial charge in [0.15, 0.2) is 22.5 Å². The lowest BCUT2D eigenvalue weighted by Crippen LogP contribution is -2.23. The summed E-state index contributed by atoms with van der Waals surface area (Å²) in [5.74, 6) is 0.558. The van der Waals surface area contributed by atoms with Gasteiger partial charge in [-0.3, -0.25) is 4.79 Å². The second-order valence-corrected chi connectivity index (χ2v) is 9.62. The fraction of sp³-hybridized carbons (Fsp3) is 0.148. The molecule has 1 aliphatic heterocycles. The number of aromatic nitrogens is 5. The minimum atomic E-state index is -0.602. The molecule has 0 fully saturated rings. The summed E-state index contributed by atoms with van der Waals surface area (Å²) < 4.78 is 51.9. The Kier molecular flexibility index (Phi) is 7.12. The molecule has 3 aromatic carbocycles. The van der Waals surface area contributed by atoms with E-state index in [0.717, 1.165) is 11.3 Å². The van der Waals surface area contributed by atoms with Gasteiger partial charge in [0.25, 0.3) is 5.91 Å². The van der Waals surface area contributed by atoms with Crippen molar-refractivity contribution >= 4 is 17.2 Å². The summed E-state index contributed by atoms with van der Waals surface area (Å²) in [5.41, 5.74) is 2.21. The minimum absolute atomic E-state index is 0.102. The molecule has 0 saturated heterocycles. The molecule has 3 heterocycles. The summed E-state index contributed by atoms with van der Waals surface area (Å²) in [6.07, 6.45) is -0.554. The van der Waals surface area contributed by atoms with E-state index in [1.807, 2.05) is 0 Å². The molecule has 0 radical (unpaired) electrons. The van der Waals surface area contributed by atoms with E-state index >= 15 is 0 Å². The Morgan fingerprint density at radius 3 is 2.73 bits per heavy atom. The van der Waals surface area contributed by atoms with E-state index in [9.17, 15) is 13.6 Å². The number of tetrazole rings is 1. The number of aromatic amines is 1. The minimum Gasteiger partial charge on any atom is -0.482 e. The molecule has 2 aromatic heterocycles. The number of rotatable bonds is 9. The molecule has 1 aliphatic rings. The molecule has 0 spiro atoms. The molecule has 1 amide bonds. The van der Waals surface area contributed by atoms with Gasteiger partial charge >= 0.3 is 0 Å². The summed E-state index contributed by atoms with van der Waals surface area (Å²) in [6, 6.07) is 13.6. The Bertz CT molecular complexity index is 1710. The number of halogens is 2. The van der Waals surface area contributed by atoms with Gasteiger partial charge in [0.1, 0.15) is 23.1 Å². The van der Waals surface area contributed by atoms with E-state index in [1.54, 1.807) is 37.3 Å². The second kappa shape index (κ2) is 11.2. The van der Waals surface area contributed by atoms with Crippen LogP contribution in [0.2, 0.25) is 0 Å². The molecular formula is C27H20F2N6O5S. The molecular weight excluding hydrogens is 558 g/mol. The lowest BCUT2D eigenvalue weighted by Gasteiger charge is -2.13. The van der Waals surface area contributed by atoms with Crippen LogP contribution in [0.5, 0.6) is 28.9 Å². The quantitative estimate of drug-likeness (QED) is 0.242. The monoisotopic (exact) mass is 578 g/mol. The molecule has 14 heteroatoms. The number of carbonyl (C=O) groups is 1. The van der Waals surface area contributed by atoms with Gasteiger partial charge < -0.3 is 24.3 Å². The predicted octanol–water partition coefficient (Wildman–Crippen LogP) is 5.19. The van der Waals surface area contributed by atoms with Crippen molar-refractivity contribution < 1.29 is 32.5 Å². The number of hydrogen-bond acceptors (Lipinski definition) is 10. The van der Waals surface area contributed by atoms with Crippen molar-refractivity contribution in [1.29, 1.82) is 0 Å². The molecule has 11 nitrogen and oxygen atoms in total. The Labute approximate surface area is 235 Å². The molecule has 0 saturated carbocycles. The van der Waals surface area contributed by atoms with Crippen LogP contribution in [0.15, 0.2) is 60.1 Å². The zero-order valence-electron chi connectivity index (χ0n) is 21.3. The number of nitrogens with zero attached hydrogens (tertiary/aromatic N) is 4. The third-order valence-electron chi connectivity index (χ3n) is 6.08. The zero-order chi connectivity index (χ0) is 28.3. The van der Waals surface area contributed by atoms with E-state index in [2.05, 4.69) is 30.9 Å². The summed E-state index contributed by atoms with van der Waals surface area (Å²) in [4.78, 5) is 17.2. The smallest absolute Gasteiger partial charge is 0.267 e. The number of thiazole rings is 1. The number of fused-ring (bicyclic) bond motifs is 1. The normalized spacial score (nSPS) is 12.7. The summed E-state index contributed by atoms with van der Waals surface area (Å²) in [6.45, 7) is 1.72. The Morgan fingerprint density at radius 1 is 1.07 bits per heavy atom. The van der Waals surface area contributed by atoms with Gasteiger partial charge in [0.05, 0.1) is 5.51 Å². The van der Waals surface area contributed by atoms with Gasteiger partial charge in [0, 0.05) is 29.8 Å². The number of ether oxygens (including phenoxy) is 4. The van der Waals surface area contributed by atoms with E-state index in [-0.39, 0.29) is 41.0 Å². The second-order valence-electron chi connectivity index (χ2n) is 8.76. The number of benzene rings is 3. The van der Waals surface area contributed by atoms with Crippen LogP contribution < -0.4 is 24.3 Å². The fourth-order valence-electron chi connectivity index (χ4n) is 4.03. The number of carbonyl (C=O) groups excluding carboxylic acids is 1. The number of amides is 1. The van der Waals surface area contributed by atoms with E-state index in [1.165, 1.54) is 29.8 Å². The summed E-state index contributed by atoms with van der Waals surface area (Å²) in [5, 5.41) is 16.2. The Balaban J connectivity index is 1.09. The van der Waals surface area contributed by atoms with Crippen LogP contribution in [-0.4, -0.2) is 38.3 Å². The van der Waals surface area contributed by atoms with E-state index < -0.39 is 23.6 Å². The van der Waals surface area contributed by atoms with E-state index in [0.29, 0.717) is 28.6 Å². The third kappa shape index (κ3) is 5.63. The Hall–Kier alpha value is -5.11. The summed E-state index contributed by atoms with van der Waals surface area (Å²) in [7, 11) is 0. The summed E-state index contributed by atoms with van der Waals surface area (Å²) >= 11 is 1.09. The first-order valence-corrected chi connectivity index (χ1v) is 13.1. The number of H-pyrrole nitrogens is 1. The lowest BCUT2D eigenvalue weighted by molar-refractivity contribution is 0.0952. The van der Waals surface area contributed by atoms with Crippen molar-refractivity contribution in [1.82, 2.24) is 30.9 Å². The average Bonchev–Trinajstić information content (AvgIpc) is 3.75. The van der Waals surface area contributed by atoms with Crippen molar-refractivity contribution in [2.24, 2.45) is 0 Å². The maximum absolute atomic E-state index is 15.0. The lowest BCUT2D eigenvalue weighted by atomic mass is 10.0. The van der Waals surface area contributed by atoms with Crippen molar-refractivity contribution in [2.45, 2.75) is 19.6 Å². The highest BCUT2D eigenvalue weighted by molar-refractivity contribution is 7.12. The van der Waals surface area contributed by atoms with Gasteiger partial charge in [-0.15, -0.1) is 21.5 Å². The standard InChI is InChI=1S/C27H20F2N6O5S/c1-14(25-32-34-35-33-25)39-17-4-6-19(21(29)9-17)15-2-3-16(20(28)8-15)11-30-26(36)24-27(31-12-41-24)40-18-5-7-22-23(10-18)38-13-37-22/h2-10,12,14H,11,13H2,1H3,(H,30,36)(H,32,33,34,35). The first kappa shape index (κ1) is 26.1.